The molecule has 23 heavy (non-hydrogen) atoms. The maximum absolute atomic E-state index is 12.1. The zero-order chi connectivity index (χ0) is 16.7. The third kappa shape index (κ3) is 5.63. The second-order valence-electron chi connectivity index (χ2n) is 6.93. The number of amides is 1. The van der Waals surface area contributed by atoms with Crippen LogP contribution in [0.15, 0.2) is 24.3 Å². The third-order valence-electron chi connectivity index (χ3n) is 4.66. The minimum Gasteiger partial charge on any atom is -0.352 e. The van der Waals surface area contributed by atoms with Gasteiger partial charge in [0.2, 0.25) is 5.91 Å². The molecule has 2 unspecified atom stereocenters. The van der Waals surface area contributed by atoms with Crippen molar-refractivity contribution >= 4 is 5.91 Å². The van der Waals surface area contributed by atoms with Crippen LogP contribution in [0.1, 0.15) is 37.8 Å². The van der Waals surface area contributed by atoms with E-state index in [-0.39, 0.29) is 11.8 Å². The fraction of sp³-hybridized carbons (Fsp3) is 0.632. The van der Waals surface area contributed by atoms with E-state index >= 15 is 0 Å². The molecule has 0 spiro atoms. The summed E-state index contributed by atoms with van der Waals surface area (Å²) in [5, 5.41) is 6.12. The molecule has 0 aliphatic carbocycles. The van der Waals surface area contributed by atoms with Crippen LogP contribution in [0.4, 0.5) is 0 Å². The Bertz CT molecular complexity index is 503. The van der Waals surface area contributed by atoms with E-state index in [1.165, 1.54) is 37.1 Å². The van der Waals surface area contributed by atoms with E-state index in [4.69, 9.17) is 0 Å². The highest BCUT2D eigenvalue weighted by molar-refractivity contribution is 5.78. The molecule has 1 aromatic carbocycles. The number of likely N-dealkylation sites (tertiary alicyclic amines) is 1. The van der Waals surface area contributed by atoms with E-state index < -0.39 is 0 Å². The average molecular weight is 317 g/mol. The largest absolute Gasteiger partial charge is 0.352 e. The number of rotatable bonds is 7. The first-order valence-corrected chi connectivity index (χ1v) is 8.81. The molecule has 1 aliphatic heterocycles. The zero-order valence-electron chi connectivity index (χ0n) is 14.8. The van der Waals surface area contributed by atoms with Gasteiger partial charge >= 0.3 is 0 Å². The van der Waals surface area contributed by atoms with Crippen LogP contribution in [0, 0.1) is 11.8 Å². The first kappa shape index (κ1) is 18.0. The molecule has 0 bridgehead atoms. The lowest BCUT2D eigenvalue weighted by atomic mass is 9.99. The molecule has 1 saturated heterocycles. The van der Waals surface area contributed by atoms with Crippen LogP contribution < -0.4 is 10.6 Å². The number of nitrogens with zero attached hydrogens (tertiary/aromatic N) is 1. The highest BCUT2D eigenvalue weighted by Gasteiger charge is 2.17. The highest BCUT2D eigenvalue weighted by atomic mass is 16.1. The van der Waals surface area contributed by atoms with Crippen LogP contribution in [0.5, 0.6) is 0 Å². The van der Waals surface area contributed by atoms with Crippen molar-refractivity contribution in [2.45, 2.75) is 39.8 Å². The Morgan fingerprint density at radius 3 is 2.78 bits per heavy atom. The fourth-order valence-corrected chi connectivity index (χ4v) is 3.31. The molecule has 1 fully saturated rings. The van der Waals surface area contributed by atoms with E-state index in [0.29, 0.717) is 13.1 Å². The van der Waals surface area contributed by atoms with Crippen LogP contribution in [-0.4, -0.2) is 37.5 Å². The lowest BCUT2D eigenvalue weighted by molar-refractivity contribution is -0.124. The van der Waals surface area contributed by atoms with Gasteiger partial charge in [-0.25, -0.2) is 0 Å². The summed E-state index contributed by atoms with van der Waals surface area (Å²) in [6.45, 7) is 8.96. The monoisotopic (exact) mass is 317 g/mol. The smallest absolute Gasteiger partial charge is 0.224 e. The van der Waals surface area contributed by atoms with Gasteiger partial charge in [-0.3, -0.25) is 9.69 Å². The predicted octanol–water partition coefficient (Wildman–Crippen LogP) is 2.39. The van der Waals surface area contributed by atoms with Crippen LogP contribution in [0.25, 0.3) is 0 Å². The Morgan fingerprint density at radius 1 is 1.35 bits per heavy atom. The predicted molar refractivity (Wildman–Crippen MR) is 95.1 cm³/mol. The first-order valence-electron chi connectivity index (χ1n) is 8.81. The number of nitrogens with one attached hydrogen (secondary N) is 2. The van der Waals surface area contributed by atoms with Crippen LogP contribution in [0.2, 0.25) is 0 Å². The van der Waals surface area contributed by atoms with Crippen molar-refractivity contribution in [1.82, 2.24) is 15.5 Å². The fourth-order valence-electron chi connectivity index (χ4n) is 3.31. The molecule has 2 rings (SSSR count). The van der Waals surface area contributed by atoms with Crippen molar-refractivity contribution in [2.75, 3.05) is 26.7 Å². The zero-order valence-corrected chi connectivity index (χ0v) is 14.8. The van der Waals surface area contributed by atoms with Crippen LogP contribution >= 0.6 is 0 Å². The topological polar surface area (TPSA) is 44.4 Å². The van der Waals surface area contributed by atoms with E-state index in [2.05, 4.69) is 46.7 Å². The summed E-state index contributed by atoms with van der Waals surface area (Å²) in [5.74, 6) is 0.897. The maximum atomic E-state index is 12.1. The summed E-state index contributed by atoms with van der Waals surface area (Å²) in [5.41, 5.74) is 2.57. The van der Waals surface area contributed by atoms with Gasteiger partial charge in [-0.1, -0.05) is 38.1 Å². The lowest BCUT2D eigenvalue weighted by Crippen LogP contribution is -2.35. The molecular formula is C19H31N3O. The number of hydrogen-bond donors (Lipinski definition) is 2. The van der Waals surface area contributed by atoms with Crippen molar-refractivity contribution < 1.29 is 4.79 Å². The summed E-state index contributed by atoms with van der Waals surface area (Å²) < 4.78 is 0. The number of carbonyl (C=O) groups excluding carboxylic acids is 1. The van der Waals surface area contributed by atoms with E-state index in [9.17, 15) is 4.79 Å². The van der Waals surface area contributed by atoms with E-state index in [1.807, 2.05) is 14.0 Å². The molecule has 2 atom stereocenters. The molecule has 4 nitrogen and oxygen atoms in total. The molecule has 0 radical (unpaired) electrons. The Labute approximate surface area is 140 Å². The van der Waals surface area contributed by atoms with Crippen LogP contribution in [0.3, 0.4) is 0 Å². The van der Waals surface area contributed by atoms with Gasteiger partial charge in [0.25, 0.3) is 0 Å². The Morgan fingerprint density at radius 2 is 2.09 bits per heavy atom. The summed E-state index contributed by atoms with van der Waals surface area (Å²) in [4.78, 5) is 14.6. The molecule has 128 valence electrons. The highest BCUT2D eigenvalue weighted by Crippen LogP contribution is 2.19. The first-order chi connectivity index (χ1) is 11.1. The molecule has 1 aliphatic rings. The quantitative estimate of drug-likeness (QED) is 0.811. The van der Waals surface area contributed by atoms with E-state index in [1.54, 1.807) is 0 Å². The van der Waals surface area contributed by atoms with E-state index in [0.717, 1.165) is 12.5 Å². The summed E-state index contributed by atoms with van der Waals surface area (Å²) in [6.07, 6.45) is 2.64. The molecular weight excluding hydrogens is 286 g/mol. The van der Waals surface area contributed by atoms with Crippen molar-refractivity contribution in [3.8, 4) is 0 Å². The van der Waals surface area contributed by atoms with Gasteiger partial charge < -0.3 is 10.6 Å². The SMILES string of the molecule is CNCC(C)C(=O)NCc1ccccc1CN1CCCC(C)C1. The maximum Gasteiger partial charge on any atom is 0.224 e. The third-order valence-corrected chi connectivity index (χ3v) is 4.66. The van der Waals surface area contributed by atoms with Gasteiger partial charge in [-0.2, -0.15) is 0 Å². The normalized spacial score (nSPS) is 20.2. The molecule has 4 heteroatoms. The molecule has 1 heterocycles. The second kappa shape index (κ2) is 9.04. The summed E-state index contributed by atoms with van der Waals surface area (Å²) >= 11 is 0. The Balaban J connectivity index is 1.93. The molecule has 1 aromatic rings. The van der Waals surface area contributed by atoms with Gasteiger partial charge in [-0.05, 0) is 43.5 Å². The number of hydrogen-bond acceptors (Lipinski definition) is 3. The average Bonchev–Trinajstić information content (AvgIpc) is 2.54. The van der Waals surface area contributed by atoms with Gasteiger partial charge in [0.05, 0.1) is 0 Å². The van der Waals surface area contributed by atoms with Crippen LogP contribution in [-0.2, 0) is 17.9 Å². The lowest BCUT2D eigenvalue weighted by Gasteiger charge is -2.31. The second-order valence-corrected chi connectivity index (χ2v) is 6.93. The van der Waals surface area contributed by atoms with Crippen molar-refractivity contribution in [2.24, 2.45) is 11.8 Å². The number of piperidine rings is 1. The Hall–Kier alpha value is -1.39. The summed E-state index contributed by atoms with van der Waals surface area (Å²) in [6, 6.07) is 8.47. The van der Waals surface area contributed by atoms with Gasteiger partial charge in [0.15, 0.2) is 0 Å². The molecule has 1 amide bonds. The molecule has 2 N–H and O–H groups in total. The minimum absolute atomic E-state index is 0.00453. The van der Waals surface area contributed by atoms with Crippen molar-refractivity contribution in [3.05, 3.63) is 35.4 Å². The number of benzene rings is 1. The standard InChI is InChI=1S/C19H31N3O/c1-15-7-6-10-22(13-15)14-18-9-5-4-8-17(18)12-21-19(23)16(2)11-20-3/h4-5,8-9,15-16,20H,6-7,10-14H2,1-3H3,(H,21,23). The van der Waals surface area contributed by atoms with Crippen molar-refractivity contribution in [1.29, 1.82) is 0 Å². The van der Waals surface area contributed by atoms with Gasteiger partial charge in [0, 0.05) is 32.1 Å². The van der Waals surface area contributed by atoms with Gasteiger partial charge in [-0.15, -0.1) is 0 Å². The van der Waals surface area contributed by atoms with Crippen molar-refractivity contribution in [3.63, 3.8) is 0 Å². The van der Waals surface area contributed by atoms with Gasteiger partial charge in [0.1, 0.15) is 0 Å². The minimum atomic E-state index is -0.00453. The number of carbonyl (C=O) groups is 1. The Kier molecular flexibility index (Phi) is 7.06. The summed E-state index contributed by atoms with van der Waals surface area (Å²) in [7, 11) is 1.87. The molecule has 0 saturated carbocycles. The molecule has 0 aromatic heterocycles.